The zero-order chi connectivity index (χ0) is 13.1. The molecule has 1 saturated heterocycles. The molecule has 0 aliphatic carbocycles. The fraction of sp³-hybridized carbons (Fsp3) is 0.538. The molecule has 98 valence electrons. The van der Waals surface area contributed by atoms with Crippen LogP contribution in [0.3, 0.4) is 0 Å². The molecule has 1 amide bonds. The first-order valence-corrected chi connectivity index (χ1v) is 6.94. The van der Waals surface area contributed by atoms with E-state index in [4.69, 9.17) is 5.11 Å². The highest BCUT2D eigenvalue weighted by Gasteiger charge is 2.28. The van der Waals surface area contributed by atoms with E-state index in [1.807, 2.05) is 19.1 Å². The van der Waals surface area contributed by atoms with Gasteiger partial charge in [-0.05, 0) is 31.9 Å². The maximum Gasteiger partial charge on any atom is 0.308 e. The first kappa shape index (κ1) is 13.1. The summed E-state index contributed by atoms with van der Waals surface area (Å²) in [5.41, 5.74) is 0. The van der Waals surface area contributed by atoms with Crippen LogP contribution in [0.5, 0.6) is 0 Å². The van der Waals surface area contributed by atoms with Crippen LogP contribution in [0.2, 0.25) is 0 Å². The van der Waals surface area contributed by atoms with Crippen molar-refractivity contribution >= 4 is 23.2 Å². The highest BCUT2D eigenvalue weighted by atomic mass is 32.1. The third kappa shape index (κ3) is 3.10. The molecule has 2 rings (SSSR count). The summed E-state index contributed by atoms with van der Waals surface area (Å²) in [7, 11) is 0. The molecule has 1 atom stereocenters. The lowest BCUT2D eigenvalue weighted by molar-refractivity contribution is -0.145. The van der Waals surface area contributed by atoms with Gasteiger partial charge in [-0.1, -0.05) is 0 Å². The van der Waals surface area contributed by atoms with Crippen LogP contribution in [-0.2, 0) is 16.0 Å². The van der Waals surface area contributed by atoms with Gasteiger partial charge >= 0.3 is 5.97 Å². The van der Waals surface area contributed by atoms with Gasteiger partial charge in [0, 0.05) is 22.8 Å². The van der Waals surface area contributed by atoms with E-state index < -0.39 is 11.9 Å². The van der Waals surface area contributed by atoms with Crippen molar-refractivity contribution in [3.8, 4) is 0 Å². The van der Waals surface area contributed by atoms with Crippen LogP contribution in [-0.4, -0.2) is 35.0 Å². The number of piperidine rings is 1. The first-order chi connectivity index (χ1) is 8.56. The molecule has 0 aromatic carbocycles. The van der Waals surface area contributed by atoms with Crippen molar-refractivity contribution in [2.24, 2.45) is 5.92 Å². The van der Waals surface area contributed by atoms with Crippen LogP contribution in [0.15, 0.2) is 12.1 Å². The van der Waals surface area contributed by atoms with Crippen molar-refractivity contribution in [1.29, 1.82) is 0 Å². The Morgan fingerprint density at radius 2 is 2.28 bits per heavy atom. The van der Waals surface area contributed by atoms with Gasteiger partial charge in [-0.15, -0.1) is 11.3 Å². The molecule has 1 aromatic rings. The molecule has 5 heteroatoms. The molecule has 18 heavy (non-hydrogen) atoms. The number of nitrogens with zero attached hydrogens (tertiary/aromatic N) is 1. The molecule has 1 aliphatic heterocycles. The average Bonchev–Trinajstić information content (AvgIpc) is 2.75. The van der Waals surface area contributed by atoms with E-state index in [1.165, 1.54) is 4.88 Å². The number of hydrogen-bond donors (Lipinski definition) is 1. The number of carboxylic acids is 1. The Morgan fingerprint density at radius 1 is 1.50 bits per heavy atom. The summed E-state index contributed by atoms with van der Waals surface area (Å²) >= 11 is 1.62. The number of aliphatic carboxylic acids is 1. The highest BCUT2D eigenvalue weighted by Crippen LogP contribution is 2.20. The molecule has 0 spiro atoms. The number of likely N-dealkylation sites (tertiary alicyclic amines) is 1. The Kier molecular flexibility index (Phi) is 4.01. The molecule has 0 bridgehead atoms. The number of carbonyl (C=O) groups excluding carboxylic acids is 1. The Morgan fingerprint density at radius 3 is 2.89 bits per heavy atom. The lowest BCUT2D eigenvalue weighted by Gasteiger charge is -2.30. The second kappa shape index (κ2) is 5.52. The Bertz CT molecular complexity index is 455. The molecule has 0 saturated carbocycles. The number of aryl methyl sites for hydroxylation is 1. The van der Waals surface area contributed by atoms with Crippen LogP contribution in [0.4, 0.5) is 0 Å². The van der Waals surface area contributed by atoms with Crippen molar-refractivity contribution < 1.29 is 14.7 Å². The zero-order valence-electron chi connectivity index (χ0n) is 10.4. The molecule has 1 aromatic heterocycles. The Labute approximate surface area is 110 Å². The summed E-state index contributed by atoms with van der Waals surface area (Å²) in [4.78, 5) is 27.0. The third-order valence-corrected chi connectivity index (χ3v) is 4.25. The Hall–Kier alpha value is -1.36. The number of carbonyl (C=O) groups is 2. The van der Waals surface area contributed by atoms with E-state index in [2.05, 4.69) is 0 Å². The van der Waals surface area contributed by atoms with E-state index in [0.717, 1.165) is 11.3 Å². The summed E-state index contributed by atoms with van der Waals surface area (Å²) < 4.78 is 0. The van der Waals surface area contributed by atoms with Crippen molar-refractivity contribution in [3.63, 3.8) is 0 Å². The van der Waals surface area contributed by atoms with Crippen LogP contribution in [0.1, 0.15) is 22.6 Å². The predicted octanol–water partition coefficient (Wildman–Crippen LogP) is 1.92. The number of hydrogen-bond acceptors (Lipinski definition) is 3. The summed E-state index contributed by atoms with van der Waals surface area (Å²) in [6.07, 6.45) is 1.86. The first-order valence-electron chi connectivity index (χ1n) is 6.12. The van der Waals surface area contributed by atoms with Gasteiger partial charge < -0.3 is 10.0 Å². The summed E-state index contributed by atoms with van der Waals surface area (Å²) in [6, 6.07) is 3.97. The topological polar surface area (TPSA) is 57.6 Å². The monoisotopic (exact) mass is 267 g/mol. The lowest BCUT2D eigenvalue weighted by atomic mass is 9.98. The maximum atomic E-state index is 12.1. The van der Waals surface area contributed by atoms with Crippen LogP contribution < -0.4 is 0 Å². The number of thiophene rings is 1. The predicted molar refractivity (Wildman–Crippen MR) is 69.7 cm³/mol. The smallest absolute Gasteiger partial charge is 0.308 e. The second-order valence-electron chi connectivity index (χ2n) is 4.71. The van der Waals surface area contributed by atoms with Gasteiger partial charge in [-0.3, -0.25) is 9.59 Å². The Balaban J connectivity index is 1.94. The standard InChI is InChI=1S/C13H17NO3S/c1-9-4-5-11(18-9)7-12(15)14-6-2-3-10(8-14)13(16)17/h4-5,10H,2-3,6-8H2,1H3,(H,16,17). The van der Waals surface area contributed by atoms with Gasteiger partial charge in [0.2, 0.25) is 5.91 Å². The molecule has 2 heterocycles. The summed E-state index contributed by atoms with van der Waals surface area (Å²) in [5.74, 6) is -1.14. The van der Waals surface area contributed by atoms with E-state index in [0.29, 0.717) is 25.9 Å². The normalized spacial score (nSPS) is 19.8. The van der Waals surface area contributed by atoms with E-state index in [-0.39, 0.29) is 5.91 Å². The summed E-state index contributed by atoms with van der Waals surface area (Å²) in [6.45, 7) is 3.06. The molecule has 1 unspecified atom stereocenters. The molecule has 1 N–H and O–H groups in total. The number of amides is 1. The van der Waals surface area contributed by atoms with Gasteiger partial charge in [0.1, 0.15) is 0 Å². The minimum Gasteiger partial charge on any atom is -0.481 e. The van der Waals surface area contributed by atoms with Crippen LogP contribution in [0, 0.1) is 12.8 Å². The van der Waals surface area contributed by atoms with Crippen LogP contribution >= 0.6 is 11.3 Å². The van der Waals surface area contributed by atoms with Crippen molar-refractivity contribution in [2.75, 3.05) is 13.1 Å². The summed E-state index contributed by atoms with van der Waals surface area (Å²) in [5, 5.41) is 8.99. The fourth-order valence-electron chi connectivity index (χ4n) is 2.25. The maximum absolute atomic E-state index is 12.1. The molecule has 4 nitrogen and oxygen atoms in total. The van der Waals surface area contributed by atoms with Gasteiger partial charge in [0.25, 0.3) is 0 Å². The second-order valence-corrected chi connectivity index (χ2v) is 6.08. The average molecular weight is 267 g/mol. The molecule has 1 aliphatic rings. The van der Waals surface area contributed by atoms with Crippen molar-refractivity contribution in [2.45, 2.75) is 26.2 Å². The van der Waals surface area contributed by atoms with Crippen molar-refractivity contribution in [3.05, 3.63) is 21.9 Å². The number of carboxylic acid groups (broad SMARTS) is 1. The minimum absolute atomic E-state index is 0.0443. The quantitative estimate of drug-likeness (QED) is 0.910. The van der Waals surface area contributed by atoms with Gasteiger partial charge in [0.15, 0.2) is 0 Å². The molecule has 1 fully saturated rings. The SMILES string of the molecule is Cc1ccc(CC(=O)N2CCCC(C(=O)O)C2)s1. The fourth-order valence-corrected chi connectivity index (χ4v) is 3.13. The third-order valence-electron chi connectivity index (χ3n) is 3.24. The van der Waals surface area contributed by atoms with E-state index >= 15 is 0 Å². The van der Waals surface area contributed by atoms with E-state index in [9.17, 15) is 9.59 Å². The van der Waals surface area contributed by atoms with Gasteiger partial charge in [-0.2, -0.15) is 0 Å². The largest absolute Gasteiger partial charge is 0.481 e. The lowest BCUT2D eigenvalue weighted by Crippen LogP contribution is -2.42. The minimum atomic E-state index is -0.792. The highest BCUT2D eigenvalue weighted by molar-refractivity contribution is 7.12. The van der Waals surface area contributed by atoms with Gasteiger partial charge in [-0.25, -0.2) is 0 Å². The molecule has 0 radical (unpaired) electrons. The number of rotatable bonds is 3. The molecular weight excluding hydrogens is 250 g/mol. The van der Waals surface area contributed by atoms with Gasteiger partial charge in [0.05, 0.1) is 12.3 Å². The van der Waals surface area contributed by atoms with Crippen molar-refractivity contribution in [1.82, 2.24) is 4.90 Å². The molecular formula is C13H17NO3S. The van der Waals surface area contributed by atoms with Crippen LogP contribution in [0.25, 0.3) is 0 Å². The van der Waals surface area contributed by atoms with E-state index in [1.54, 1.807) is 16.2 Å². The zero-order valence-corrected chi connectivity index (χ0v) is 11.2.